The molecule has 0 radical (unpaired) electrons. The zero-order valence-electron chi connectivity index (χ0n) is 12.1. The molecule has 0 spiro atoms. The predicted octanol–water partition coefficient (Wildman–Crippen LogP) is -1.38. The van der Waals surface area contributed by atoms with Crippen LogP contribution in [-0.4, -0.2) is 43.6 Å². The van der Waals surface area contributed by atoms with Crippen LogP contribution in [0.2, 0.25) is 0 Å². The van der Waals surface area contributed by atoms with Gasteiger partial charge in [-0.15, -0.1) is 0 Å². The van der Waals surface area contributed by atoms with E-state index in [4.69, 9.17) is 26.7 Å². The number of nitrogens with two attached hydrogens (primary N) is 3. The van der Waals surface area contributed by atoms with Crippen molar-refractivity contribution in [1.29, 1.82) is 0 Å². The van der Waals surface area contributed by atoms with E-state index >= 15 is 0 Å². The van der Waals surface area contributed by atoms with Gasteiger partial charge in [0.2, 0.25) is 5.79 Å². The van der Waals surface area contributed by atoms with Gasteiger partial charge in [0, 0.05) is 33.3 Å². The molecule has 0 aromatic rings. The third-order valence-corrected chi connectivity index (χ3v) is 3.64. The summed E-state index contributed by atoms with van der Waals surface area (Å²) in [5.74, 6) is -0.994. The smallest absolute Gasteiger partial charge is 0.253 e. The summed E-state index contributed by atoms with van der Waals surface area (Å²) in [6.07, 6.45) is 4.59. The number of rotatable bonds is 4. The van der Waals surface area contributed by atoms with E-state index in [0.717, 1.165) is 5.57 Å². The molecule has 7 N–H and O–H groups in total. The number of nitrogens with zero attached hydrogens (tertiary/aromatic N) is 1. The van der Waals surface area contributed by atoms with Gasteiger partial charge < -0.3 is 31.2 Å². The van der Waals surface area contributed by atoms with Crippen LogP contribution >= 0.6 is 0 Å². The number of ether oxygens (including phenoxy) is 2. The molecule has 1 unspecified atom stereocenters. The number of hydrogen-bond acceptors (Lipinski definition) is 7. The number of hydrogen-bond donors (Lipinski definition) is 4. The van der Waals surface area contributed by atoms with Gasteiger partial charge in [-0.1, -0.05) is 6.08 Å². The third kappa shape index (κ3) is 2.87. The van der Waals surface area contributed by atoms with Crippen LogP contribution in [0, 0.1) is 0 Å². The van der Waals surface area contributed by atoms with Crippen molar-refractivity contribution in [2.45, 2.75) is 18.5 Å². The Labute approximate surface area is 123 Å². The molecule has 8 nitrogen and oxygen atoms in total. The maximum atomic E-state index is 12.0. The minimum absolute atomic E-state index is 0.248. The fourth-order valence-corrected chi connectivity index (χ4v) is 2.40. The molecule has 8 heteroatoms. The largest absolute Gasteiger partial charge is 0.398 e. The van der Waals surface area contributed by atoms with E-state index in [1.54, 1.807) is 6.08 Å². The molecule has 0 aromatic carbocycles. The van der Waals surface area contributed by atoms with Crippen molar-refractivity contribution < 1.29 is 14.3 Å². The maximum absolute atomic E-state index is 12.0. The lowest BCUT2D eigenvalue weighted by Gasteiger charge is -2.37. The molecular weight excluding hydrogens is 274 g/mol. The molecule has 1 amide bonds. The molecule has 0 saturated heterocycles. The number of allylic oxidation sites excluding steroid dienone is 2. The second-order valence-corrected chi connectivity index (χ2v) is 4.94. The van der Waals surface area contributed by atoms with E-state index in [0.29, 0.717) is 18.7 Å². The minimum atomic E-state index is -1.00. The first-order chi connectivity index (χ1) is 9.91. The molecule has 1 aliphatic carbocycles. The van der Waals surface area contributed by atoms with Crippen LogP contribution in [0.25, 0.3) is 0 Å². The summed E-state index contributed by atoms with van der Waals surface area (Å²) in [5.41, 5.74) is 18.8. The monoisotopic (exact) mass is 295 g/mol. The van der Waals surface area contributed by atoms with Gasteiger partial charge in [0.25, 0.3) is 5.91 Å². The van der Waals surface area contributed by atoms with Crippen molar-refractivity contribution in [3.63, 3.8) is 0 Å². The number of carbonyl (C=O) groups excluding carboxylic acids is 1. The number of amides is 1. The first kappa shape index (κ1) is 15.4. The molecule has 0 fully saturated rings. The fourth-order valence-electron chi connectivity index (χ4n) is 2.40. The molecule has 1 atom stereocenters. The summed E-state index contributed by atoms with van der Waals surface area (Å²) in [7, 11) is 3.05. The van der Waals surface area contributed by atoms with Gasteiger partial charge >= 0.3 is 0 Å². The Morgan fingerprint density at radius 3 is 2.62 bits per heavy atom. The van der Waals surface area contributed by atoms with Gasteiger partial charge in [0.05, 0.1) is 5.70 Å². The standard InChI is InChI=1S/C13H21N5O3/c1-20-13(21-2)6-8(3-4-9(13)14)7-18-11(19)5-10(15)17-12(18)16/h3-5,12,17H,6-7,14-16H2,1-2H3. The molecule has 116 valence electrons. The Balaban J connectivity index is 2.16. The Kier molecular flexibility index (Phi) is 4.21. The van der Waals surface area contributed by atoms with E-state index < -0.39 is 12.1 Å². The lowest BCUT2D eigenvalue weighted by atomic mass is 9.95. The van der Waals surface area contributed by atoms with Gasteiger partial charge in [-0.05, 0) is 11.6 Å². The Morgan fingerprint density at radius 2 is 2.05 bits per heavy atom. The van der Waals surface area contributed by atoms with Crippen molar-refractivity contribution in [2.24, 2.45) is 17.2 Å². The first-order valence-electron chi connectivity index (χ1n) is 6.47. The molecule has 21 heavy (non-hydrogen) atoms. The van der Waals surface area contributed by atoms with Crippen molar-refractivity contribution in [1.82, 2.24) is 10.2 Å². The molecule has 2 rings (SSSR count). The van der Waals surface area contributed by atoms with E-state index in [9.17, 15) is 4.79 Å². The molecule has 0 aromatic heterocycles. The van der Waals surface area contributed by atoms with E-state index in [-0.39, 0.29) is 11.7 Å². The van der Waals surface area contributed by atoms with Crippen LogP contribution in [0.1, 0.15) is 6.42 Å². The zero-order chi connectivity index (χ0) is 15.6. The van der Waals surface area contributed by atoms with E-state index in [1.165, 1.54) is 25.2 Å². The lowest BCUT2D eigenvalue weighted by molar-refractivity contribution is -0.179. The fraction of sp³-hybridized carbons (Fsp3) is 0.462. The third-order valence-electron chi connectivity index (χ3n) is 3.64. The van der Waals surface area contributed by atoms with Gasteiger partial charge in [0.1, 0.15) is 5.82 Å². The van der Waals surface area contributed by atoms with Crippen molar-refractivity contribution in [3.05, 3.63) is 35.3 Å². The summed E-state index contributed by atoms with van der Waals surface area (Å²) in [6.45, 7) is 0.328. The summed E-state index contributed by atoms with van der Waals surface area (Å²) in [4.78, 5) is 13.4. The van der Waals surface area contributed by atoms with Gasteiger partial charge in [-0.3, -0.25) is 10.5 Å². The van der Waals surface area contributed by atoms with Gasteiger partial charge in [0.15, 0.2) is 6.29 Å². The highest BCUT2D eigenvalue weighted by molar-refractivity contribution is 5.89. The molecule has 1 aliphatic heterocycles. The second-order valence-electron chi connectivity index (χ2n) is 4.94. The molecule has 1 heterocycles. The zero-order valence-corrected chi connectivity index (χ0v) is 12.1. The normalized spacial score (nSPS) is 24.9. The second kappa shape index (κ2) is 5.76. The van der Waals surface area contributed by atoms with Crippen molar-refractivity contribution in [2.75, 3.05) is 20.8 Å². The number of nitrogens with one attached hydrogen (secondary N) is 1. The summed E-state index contributed by atoms with van der Waals surface area (Å²) in [6, 6.07) is 0. The summed E-state index contributed by atoms with van der Waals surface area (Å²) >= 11 is 0. The highest BCUT2D eigenvalue weighted by atomic mass is 16.7. The highest BCUT2D eigenvalue weighted by Crippen LogP contribution is 2.31. The SMILES string of the molecule is COC1(OC)CC(CN2C(=O)C=C(N)NC2N)=CC=C1N. The Bertz CT molecular complexity index is 522. The summed E-state index contributed by atoms with van der Waals surface area (Å²) < 4.78 is 10.8. The summed E-state index contributed by atoms with van der Waals surface area (Å²) in [5, 5.41) is 2.80. The average Bonchev–Trinajstić information content (AvgIpc) is 2.44. The average molecular weight is 295 g/mol. The van der Waals surface area contributed by atoms with Crippen molar-refractivity contribution >= 4 is 5.91 Å². The molecule has 0 saturated carbocycles. The number of carbonyl (C=O) groups is 1. The topological polar surface area (TPSA) is 129 Å². The molecule has 0 bridgehead atoms. The van der Waals surface area contributed by atoms with Crippen LogP contribution in [0.5, 0.6) is 0 Å². The van der Waals surface area contributed by atoms with E-state index in [1.807, 2.05) is 6.08 Å². The molecular formula is C13H21N5O3. The molecule has 2 aliphatic rings. The van der Waals surface area contributed by atoms with Crippen LogP contribution in [0.15, 0.2) is 35.3 Å². The quantitative estimate of drug-likeness (QED) is 0.470. The highest BCUT2D eigenvalue weighted by Gasteiger charge is 2.37. The number of methoxy groups -OCH3 is 2. The van der Waals surface area contributed by atoms with Crippen LogP contribution < -0.4 is 22.5 Å². The van der Waals surface area contributed by atoms with Crippen LogP contribution in [0.4, 0.5) is 0 Å². The van der Waals surface area contributed by atoms with Gasteiger partial charge in [-0.25, -0.2) is 0 Å². The Hall–Kier alpha value is -2.03. The van der Waals surface area contributed by atoms with E-state index in [2.05, 4.69) is 5.32 Å². The van der Waals surface area contributed by atoms with Crippen LogP contribution in [-0.2, 0) is 14.3 Å². The first-order valence-corrected chi connectivity index (χ1v) is 6.47. The van der Waals surface area contributed by atoms with Crippen LogP contribution in [0.3, 0.4) is 0 Å². The maximum Gasteiger partial charge on any atom is 0.253 e. The predicted molar refractivity (Wildman–Crippen MR) is 76.8 cm³/mol. The van der Waals surface area contributed by atoms with Gasteiger partial charge in [-0.2, -0.15) is 0 Å². The lowest BCUT2D eigenvalue weighted by Crippen LogP contribution is -2.58. The minimum Gasteiger partial charge on any atom is -0.398 e. The Morgan fingerprint density at radius 1 is 1.38 bits per heavy atom. The van der Waals surface area contributed by atoms with Crippen molar-refractivity contribution in [3.8, 4) is 0 Å².